The zero-order chi connectivity index (χ0) is 11.0. The molecule has 4 nitrogen and oxygen atoms in total. The molecule has 0 bridgehead atoms. The fourth-order valence-corrected chi connectivity index (χ4v) is 1.52. The normalized spacial score (nSPS) is 10.6. The second-order valence-corrected chi connectivity index (χ2v) is 3.16. The van der Waals surface area contributed by atoms with Gasteiger partial charge in [-0.1, -0.05) is 0 Å². The Balaban J connectivity index is 2.81. The van der Waals surface area contributed by atoms with E-state index in [4.69, 9.17) is 0 Å². The number of aromatic nitrogens is 2. The first-order valence-electron chi connectivity index (χ1n) is 4.50. The predicted octanol–water partition coefficient (Wildman–Crippen LogP) is 1.14. The van der Waals surface area contributed by atoms with Crippen molar-refractivity contribution in [1.82, 2.24) is 14.7 Å². The van der Waals surface area contributed by atoms with Crippen molar-refractivity contribution in [3.63, 3.8) is 0 Å². The SMILES string of the molecule is CNC(=O)c1nc(C)n2cccc(F)c12. The zero-order valence-corrected chi connectivity index (χ0v) is 8.41. The summed E-state index contributed by atoms with van der Waals surface area (Å²) in [4.78, 5) is 15.5. The minimum absolute atomic E-state index is 0.119. The molecule has 0 saturated heterocycles. The van der Waals surface area contributed by atoms with E-state index in [2.05, 4.69) is 10.3 Å². The van der Waals surface area contributed by atoms with Gasteiger partial charge in [-0.05, 0) is 19.1 Å². The third-order valence-corrected chi connectivity index (χ3v) is 2.23. The number of nitrogens with zero attached hydrogens (tertiary/aromatic N) is 2. The van der Waals surface area contributed by atoms with Crippen molar-refractivity contribution < 1.29 is 9.18 Å². The summed E-state index contributed by atoms with van der Waals surface area (Å²) in [5.41, 5.74) is 0.336. The fraction of sp³-hybridized carbons (Fsp3) is 0.200. The Kier molecular flexibility index (Phi) is 2.15. The molecule has 2 aromatic rings. The fourth-order valence-electron chi connectivity index (χ4n) is 1.52. The van der Waals surface area contributed by atoms with Crippen LogP contribution in [0.25, 0.3) is 5.52 Å². The molecule has 5 heteroatoms. The molecule has 2 aromatic heterocycles. The first-order valence-corrected chi connectivity index (χ1v) is 4.50. The average Bonchev–Trinajstić information content (AvgIpc) is 2.57. The number of rotatable bonds is 1. The molecule has 0 saturated carbocycles. The summed E-state index contributed by atoms with van der Waals surface area (Å²) in [5, 5.41) is 2.43. The number of imidazole rings is 1. The second kappa shape index (κ2) is 3.34. The van der Waals surface area contributed by atoms with Crippen molar-refractivity contribution in [1.29, 1.82) is 0 Å². The maximum Gasteiger partial charge on any atom is 0.272 e. The van der Waals surface area contributed by atoms with Crippen LogP contribution in [-0.2, 0) is 0 Å². The molecular weight excluding hydrogens is 197 g/mol. The Bertz CT molecular complexity index is 533. The predicted molar refractivity (Wildman–Crippen MR) is 53.3 cm³/mol. The summed E-state index contributed by atoms with van der Waals surface area (Å²) < 4.78 is 15.1. The lowest BCUT2D eigenvalue weighted by molar-refractivity contribution is 0.0960. The van der Waals surface area contributed by atoms with Crippen LogP contribution in [0, 0.1) is 12.7 Å². The van der Waals surface area contributed by atoms with Crippen molar-refractivity contribution in [2.24, 2.45) is 0 Å². The van der Waals surface area contributed by atoms with E-state index in [9.17, 15) is 9.18 Å². The molecule has 0 aromatic carbocycles. The molecule has 0 aliphatic rings. The summed E-state index contributed by atoms with van der Waals surface area (Å²) in [5.74, 6) is -0.245. The van der Waals surface area contributed by atoms with Gasteiger partial charge in [-0.2, -0.15) is 0 Å². The lowest BCUT2D eigenvalue weighted by Gasteiger charge is -1.98. The Labute approximate surface area is 85.7 Å². The van der Waals surface area contributed by atoms with Gasteiger partial charge in [0.15, 0.2) is 5.69 Å². The van der Waals surface area contributed by atoms with Crippen LogP contribution in [-0.4, -0.2) is 22.3 Å². The number of hydrogen-bond acceptors (Lipinski definition) is 2. The quantitative estimate of drug-likeness (QED) is 0.762. The van der Waals surface area contributed by atoms with Crippen LogP contribution in [0.2, 0.25) is 0 Å². The lowest BCUT2D eigenvalue weighted by Crippen LogP contribution is -2.18. The number of hydrogen-bond donors (Lipinski definition) is 1. The minimum Gasteiger partial charge on any atom is -0.354 e. The molecule has 78 valence electrons. The highest BCUT2D eigenvalue weighted by Gasteiger charge is 2.17. The minimum atomic E-state index is -0.448. The molecule has 0 fully saturated rings. The number of amides is 1. The van der Waals surface area contributed by atoms with Crippen LogP contribution in [0.1, 0.15) is 16.3 Å². The number of carbonyl (C=O) groups excluding carboxylic acids is 1. The summed E-state index contributed by atoms with van der Waals surface area (Å²) >= 11 is 0. The van der Waals surface area contributed by atoms with Gasteiger partial charge in [0.1, 0.15) is 17.2 Å². The number of halogens is 1. The molecule has 0 atom stereocenters. The zero-order valence-electron chi connectivity index (χ0n) is 8.41. The van der Waals surface area contributed by atoms with E-state index in [0.29, 0.717) is 5.82 Å². The molecule has 0 radical (unpaired) electrons. The number of pyridine rings is 1. The molecule has 0 aliphatic carbocycles. The molecule has 15 heavy (non-hydrogen) atoms. The summed E-state index contributed by atoms with van der Waals surface area (Å²) in [6.07, 6.45) is 1.67. The molecule has 1 N–H and O–H groups in total. The van der Waals surface area contributed by atoms with E-state index in [-0.39, 0.29) is 17.1 Å². The molecule has 0 spiro atoms. The van der Waals surface area contributed by atoms with Crippen molar-refractivity contribution >= 4 is 11.4 Å². The molecule has 1 amide bonds. The van der Waals surface area contributed by atoms with Gasteiger partial charge < -0.3 is 9.72 Å². The van der Waals surface area contributed by atoms with Crippen LogP contribution < -0.4 is 5.32 Å². The van der Waals surface area contributed by atoms with Gasteiger partial charge in [0.05, 0.1) is 0 Å². The Morgan fingerprint density at radius 3 is 3.00 bits per heavy atom. The maximum atomic E-state index is 13.5. The molecular formula is C10H10FN3O. The first kappa shape index (κ1) is 9.64. The van der Waals surface area contributed by atoms with E-state index in [1.165, 1.54) is 13.1 Å². The first-order chi connectivity index (χ1) is 7.15. The average molecular weight is 207 g/mol. The summed E-state index contributed by atoms with van der Waals surface area (Å²) in [7, 11) is 1.49. The lowest BCUT2D eigenvalue weighted by atomic mass is 10.3. The van der Waals surface area contributed by atoms with Crippen molar-refractivity contribution in [3.05, 3.63) is 35.7 Å². The highest BCUT2D eigenvalue weighted by Crippen LogP contribution is 2.16. The van der Waals surface area contributed by atoms with Gasteiger partial charge in [-0.25, -0.2) is 9.37 Å². The summed E-state index contributed by atoms with van der Waals surface area (Å²) in [6, 6.07) is 2.88. The third-order valence-electron chi connectivity index (χ3n) is 2.23. The van der Waals surface area contributed by atoms with E-state index in [1.807, 2.05) is 0 Å². The van der Waals surface area contributed by atoms with E-state index < -0.39 is 5.82 Å². The Hall–Kier alpha value is -1.91. The molecule has 2 rings (SSSR count). The smallest absolute Gasteiger partial charge is 0.272 e. The van der Waals surface area contributed by atoms with Crippen LogP contribution in [0.15, 0.2) is 18.3 Å². The third kappa shape index (κ3) is 1.36. The van der Waals surface area contributed by atoms with Gasteiger partial charge in [0.2, 0.25) is 0 Å². The van der Waals surface area contributed by atoms with Crippen LogP contribution in [0.5, 0.6) is 0 Å². The van der Waals surface area contributed by atoms with E-state index in [0.717, 1.165) is 0 Å². The van der Waals surface area contributed by atoms with E-state index >= 15 is 0 Å². The number of aryl methyl sites for hydroxylation is 1. The Morgan fingerprint density at radius 2 is 2.33 bits per heavy atom. The summed E-state index contributed by atoms with van der Waals surface area (Å²) in [6.45, 7) is 1.72. The maximum absolute atomic E-state index is 13.5. The second-order valence-electron chi connectivity index (χ2n) is 3.16. The highest BCUT2D eigenvalue weighted by molar-refractivity contribution is 5.99. The van der Waals surface area contributed by atoms with Crippen molar-refractivity contribution in [3.8, 4) is 0 Å². The standard InChI is InChI=1S/C10H10FN3O/c1-6-13-8(10(15)12-2)9-7(11)4-3-5-14(6)9/h3-5H,1-2H3,(H,12,15). The van der Waals surface area contributed by atoms with Crippen molar-refractivity contribution in [2.45, 2.75) is 6.92 Å². The van der Waals surface area contributed by atoms with E-state index in [1.54, 1.807) is 23.6 Å². The monoisotopic (exact) mass is 207 g/mol. The van der Waals surface area contributed by atoms with Gasteiger partial charge in [-0.3, -0.25) is 4.79 Å². The van der Waals surface area contributed by atoms with Gasteiger partial charge >= 0.3 is 0 Å². The van der Waals surface area contributed by atoms with Crippen molar-refractivity contribution in [2.75, 3.05) is 7.05 Å². The van der Waals surface area contributed by atoms with Crippen LogP contribution >= 0.6 is 0 Å². The number of nitrogens with one attached hydrogen (secondary N) is 1. The van der Waals surface area contributed by atoms with Gasteiger partial charge in [-0.15, -0.1) is 0 Å². The molecule has 0 aliphatic heterocycles. The number of fused-ring (bicyclic) bond motifs is 1. The Morgan fingerprint density at radius 1 is 1.60 bits per heavy atom. The number of carbonyl (C=O) groups is 1. The highest BCUT2D eigenvalue weighted by atomic mass is 19.1. The molecule has 2 heterocycles. The van der Waals surface area contributed by atoms with Gasteiger partial charge in [0, 0.05) is 13.2 Å². The largest absolute Gasteiger partial charge is 0.354 e. The topological polar surface area (TPSA) is 46.4 Å². The van der Waals surface area contributed by atoms with Crippen LogP contribution in [0.3, 0.4) is 0 Å². The van der Waals surface area contributed by atoms with Gasteiger partial charge in [0.25, 0.3) is 5.91 Å². The van der Waals surface area contributed by atoms with Crippen LogP contribution in [0.4, 0.5) is 4.39 Å². The molecule has 0 unspecified atom stereocenters.